The van der Waals surface area contributed by atoms with Gasteiger partial charge in [-0.3, -0.25) is 5.41 Å². The molecule has 0 aliphatic rings. The fraction of sp³-hybridized carbons (Fsp3) is 0.462. The van der Waals surface area contributed by atoms with E-state index in [1.807, 2.05) is 36.2 Å². The average Bonchev–Trinajstić information content (AvgIpc) is 2.27. The summed E-state index contributed by atoms with van der Waals surface area (Å²) in [6.45, 7) is 4.18. The quantitative estimate of drug-likeness (QED) is 0.620. The van der Waals surface area contributed by atoms with Gasteiger partial charge in [-0.15, -0.1) is 0 Å². The molecule has 0 saturated carbocycles. The molecule has 0 radical (unpaired) electrons. The molecule has 1 atom stereocenters. The summed E-state index contributed by atoms with van der Waals surface area (Å²) in [5, 5.41) is 8.67. The second-order valence-electron chi connectivity index (χ2n) is 4.04. The van der Waals surface area contributed by atoms with Crippen molar-refractivity contribution in [2.45, 2.75) is 32.7 Å². The number of benzene rings is 1. The standard InChI is InChI=1S/C13H19ClN2/c1-4-6-13(15)16(3)10(2)11-7-5-8-12(14)9-11/h5,7-10,15H,4,6H2,1-3H3. The Kier molecular flexibility index (Phi) is 4.81. The van der Waals surface area contributed by atoms with Crippen LogP contribution in [0.1, 0.15) is 38.3 Å². The minimum atomic E-state index is 0.192. The molecular formula is C13H19ClN2. The Morgan fingerprint density at radius 2 is 2.19 bits per heavy atom. The summed E-state index contributed by atoms with van der Waals surface area (Å²) in [7, 11) is 1.96. The summed E-state index contributed by atoms with van der Waals surface area (Å²) in [5.74, 6) is 0.676. The third-order valence-electron chi connectivity index (χ3n) is 2.82. The molecule has 0 aromatic heterocycles. The third-order valence-corrected chi connectivity index (χ3v) is 3.06. The Morgan fingerprint density at radius 3 is 2.75 bits per heavy atom. The fourth-order valence-corrected chi connectivity index (χ4v) is 1.84. The molecule has 0 fully saturated rings. The minimum Gasteiger partial charge on any atom is -0.357 e. The molecule has 3 heteroatoms. The number of amidine groups is 1. The highest BCUT2D eigenvalue weighted by Crippen LogP contribution is 2.22. The third kappa shape index (κ3) is 3.24. The molecule has 1 unspecified atom stereocenters. The summed E-state index contributed by atoms with van der Waals surface area (Å²) in [6, 6.07) is 8.02. The van der Waals surface area contributed by atoms with Gasteiger partial charge in [-0.1, -0.05) is 30.7 Å². The number of hydrogen-bond acceptors (Lipinski definition) is 1. The predicted molar refractivity (Wildman–Crippen MR) is 70.3 cm³/mol. The lowest BCUT2D eigenvalue weighted by Gasteiger charge is -2.27. The number of nitrogens with zero attached hydrogens (tertiary/aromatic N) is 1. The van der Waals surface area contributed by atoms with Gasteiger partial charge in [0.05, 0.1) is 11.9 Å². The first kappa shape index (κ1) is 13.0. The SMILES string of the molecule is CCCC(=N)N(C)C(C)c1cccc(Cl)c1. The normalized spacial score (nSPS) is 12.2. The zero-order valence-corrected chi connectivity index (χ0v) is 10.9. The summed E-state index contributed by atoms with van der Waals surface area (Å²) in [5.41, 5.74) is 1.15. The summed E-state index contributed by atoms with van der Waals surface area (Å²) in [4.78, 5) is 2.00. The van der Waals surface area contributed by atoms with Gasteiger partial charge in [0.2, 0.25) is 0 Å². The number of halogens is 1. The lowest BCUT2D eigenvalue weighted by atomic mass is 10.1. The molecule has 1 aromatic carbocycles. The van der Waals surface area contributed by atoms with E-state index in [0.29, 0.717) is 5.84 Å². The highest BCUT2D eigenvalue weighted by Gasteiger charge is 2.13. The lowest BCUT2D eigenvalue weighted by Crippen LogP contribution is -2.28. The van der Waals surface area contributed by atoms with E-state index < -0.39 is 0 Å². The average molecular weight is 239 g/mol. The smallest absolute Gasteiger partial charge is 0.0959 e. The lowest BCUT2D eigenvalue weighted by molar-refractivity contribution is 0.391. The van der Waals surface area contributed by atoms with E-state index in [0.717, 1.165) is 23.4 Å². The number of hydrogen-bond donors (Lipinski definition) is 1. The number of nitrogens with one attached hydrogen (secondary N) is 1. The van der Waals surface area contributed by atoms with E-state index in [1.54, 1.807) is 0 Å². The van der Waals surface area contributed by atoms with E-state index in [2.05, 4.69) is 13.8 Å². The van der Waals surface area contributed by atoms with E-state index in [1.165, 1.54) is 0 Å². The van der Waals surface area contributed by atoms with Gasteiger partial charge in [-0.05, 0) is 31.0 Å². The van der Waals surface area contributed by atoms with Crippen LogP contribution in [0.2, 0.25) is 5.02 Å². The van der Waals surface area contributed by atoms with Gasteiger partial charge in [-0.2, -0.15) is 0 Å². The zero-order chi connectivity index (χ0) is 12.1. The van der Waals surface area contributed by atoms with Crippen molar-refractivity contribution in [3.05, 3.63) is 34.9 Å². The van der Waals surface area contributed by atoms with Crippen LogP contribution in [0.15, 0.2) is 24.3 Å². The maximum Gasteiger partial charge on any atom is 0.0959 e. The van der Waals surface area contributed by atoms with Crippen molar-refractivity contribution < 1.29 is 0 Å². The van der Waals surface area contributed by atoms with Gasteiger partial charge in [0, 0.05) is 18.5 Å². The molecule has 0 spiro atoms. The predicted octanol–water partition coefficient (Wildman–Crippen LogP) is 4.11. The van der Waals surface area contributed by atoms with Crippen LogP contribution in [0.4, 0.5) is 0 Å². The molecule has 1 aromatic rings. The van der Waals surface area contributed by atoms with Gasteiger partial charge in [0.25, 0.3) is 0 Å². The van der Waals surface area contributed by atoms with Crippen LogP contribution in [0.25, 0.3) is 0 Å². The van der Waals surface area contributed by atoms with Crippen molar-refractivity contribution in [1.82, 2.24) is 4.90 Å². The van der Waals surface area contributed by atoms with Gasteiger partial charge >= 0.3 is 0 Å². The molecule has 1 N–H and O–H groups in total. The Balaban J connectivity index is 2.77. The second kappa shape index (κ2) is 5.90. The van der Waals surface area contributed by atoms with E-state index in [9.17, 15) is 0 Å². The van der Waals surface area contributed by atoms with Crippen molar-refractivity contribution in [1.29, 1.82) is 5.41 Å². The summed E-state index contributed by atoms with van der Waals surface area (Å²) < 4.78 is 0. The number of rotatable bonds is 4. The largest absolute Gasteiger partial charge is 0.357 e. The van der Waals surface area contributed by atoms with Crippen molar-refractivity contribution in [3.8, 4) is 0 Å². The maximum absolute atomic E-state index is 7.92. The van der Waals surface area contributed by atoms with Gasteiger partial charge in [0.1, 0.15) is 0 Å². The molecule has 16 heavy (non-hydrogen) atoms. The topological polar surface area (TPSA) is 27.1 Å². The van der Waals surface area contributed by atoms with Crippen LogP contribution in [0.3, 0.4) is 0 Å². The van der Waals surface area contributed by atoms with Gasteiger partial charge < -0.3 is 4.90 Å². The molecule has 2 nitrogen and oxygen atoms in total. The summed E-state index contributed by atoms with van der Waals surface area (Å²) in [6.07, 6.45) is 1.83. The Labute approximate surface area is 103 Å². The molecule has 88 valence electrons. The second-order valence-corrected chi connectivity index (χ2v) is 4.48. The van der Waals surface area contributed by atoms with E-state index in [-0.39, 0.29) is 6.04 Å². The fourth-order valence-electron chi connectivity index (χ4n) is 1.64. The van der Waals surface area contributed by atoms with Crippen LogP contribution >= 0.6 is 11.6 Å². The van der Waals surface area contributed by atoms with Crippen LogP contribution in [-0.4, -0.2) is 17.8 Å². The highest BCUT2D eigenvalue weighted by atomic mass is 35.5. The molecule has 0 bridgehead atoms. The van der Waals surface area contributed by atoms with E-state index in [4.69, 9.17) is 17.0 Å². The van der Waals surface area contributed by atoms with Crippen LogP contribution in [-0.2, 0) is 0 Å². The van der Waals surface area contributed by atoms with Crippen molar-refractivity contribution >= 4 is 17.4 Å². The molecule has 0 amide bonds. The van der Waals surface area contributed by atoms with Gasteiger partial charge in [-0.25, -0.2) is 0 Å². The Bertz CT molecular complexity index is 363. The van der Waals surface area contributed by atoms with E-state index >= 15 is 0 Å². The van der Waals surface area contributed by atoms with Crippen molar-refractivity contribution in [3.63, 3.8) is 0 Å². The first-order valence-electron chi connectivity index (χ1n) is 5.62. The van der Waals surface area contributed by atoms with Crippen LogP contribution < -0.4 is 0 Å². The monoisotopic (exact) mass is 238 g/mol. The Morgan fingerprint density at radius 1 is 1.50 bits per heavy atom. The molecule has 0 saturated heterocycles. The van der Waals surface area contributed by atoms with Crippen molar-refractivity contribution in [2.24, 2.45) is 0 Å². The van der Waals surface area contributed by atoms with Gasteiger partial charge in [0.15, 0.2) is 0 Å². The first-order valence-corrected chi connectivity index (χ1v) is 5.99. The van der Waals surface area contributed by atoms with Crippen LogP contribution in [0, 0.1) is 5.41 Å². The maximum atomic E-state index is 7.92. The molecule has 0 aliphatic carbocycles. The zero-order valence-electron chi connectivity index (χ0n) is 10.1. The van der Waals surface area contributed by atoms with Crippen molar-refractivity contribution in [2.75, 3.05) is 7.05 Å². The van der Waals surface area contributed by atoms with Crippen LogP contribution in [0.5, 0.6) is 0 Å². The summed E-state index contributed by atoms with van der Waals surface area (Å²) >= 11 is 5.96. The molecule has 1 rings (SSSR count). The molecule has 0 heterocycles. The first-order chi connectivity index (χ1) is 7.56. The molecular weight excluding hydrogens is 220 g/mol. The highest BCUT2D eigenvalue weighted by molar-refractivity contribution is 6.30. The minimum absolute atomic E-state index is 0.192. The Hall–Kier alpha value is -1.02. The molecule has 0 aliphatic heterocycles.